The van der Waals surface area contributed by atoms with Gasteiger partial charge in [-0.2, -0.15) is 0 Å². The fourth-order valence-electron chi connectivity index (χ4n) is 3.32. The summed E-state index contributed by atoms with van der Waals surface area (Å²) < 4.78 is 0. The van der Waals surface area contributed by atoms with E-state index in [2.05, 4.69) is 12.2 Å². The number of aliphatic hydroxyl groups excluding tert-OH is 1. The van der Waals surface area contributed by atoms with Gasteiger partial charge in [-0.3, -0.25) is 0 Å². The van der Waals surface area contributed by atoms with Crippen molar-refractivity contribution in [3.8, 4) is 0 Å². The van der Waals surface area contributed by atoms with Crippen molar-refractivity contribution < 1.29 is 5.11 Å². The van der Waals surface area contributed by atoms with Crippen LogP contribution in [0.15, 0.2) is 0 Å². The fraction of sp³-hybridized carbons (Fsp3) is 1.00. The second-order valence-corrected chi connectivity index (χ2v) is 5.85. The molecular weight excluding hydrogens is 198 g/mol. The molecule has 2 aliphatic rings. The maximum absolute atomic E-state index is 9.99. The molecule has 0 radical (unpaired) electrons. The highest BCUT2D eigenvalue weighted by atomic mass is 16.3. The lowest BCUT2D eigenvalue weighted by Crippen LogP contribution is -2.49. The molecule has 2 rings (SSSR count). The summed E-state index contributed by atoms with van der Waals surface area (Å²) in [7, 11) is 0. The van der Waals surface area contributed by atoms with Crippen molar-refractivity contribution >= 4 is 0 Å². The Morgan fingerprint density at radius 3 is 2.25 bits per heavy atom. The summed E-state index contributed by atoms with van der Waals surface area (Å²) in [6, 6.07) is 1.03. The minimum atomic E-state index is -0.0933. The molecule has 2 N–H and O–H groups in total. The average Bonchev–Trinajstić information content (AvgIpc) is 2.48. The van der Waals surface area contributed by atoms with Gasteiger partial charge >= 0.3 is 0 Å². The summed E-state index contributed by atoms with van der Waals surface area (Å²) in [6.07, 6.45) is 11.4. The lowest BCUT2D eigenvalue weighted by Gasteiger charge is -2.34. The molecule has 2 saturated carbocycles. The maximum atomic E-state index is 9.99. The van der Waals surface area contributed by atoms with Gasteiger partial charge in [0.1, 0.15) is 0 Å². The molecule has 0 aromatic carbocycles. The molecular formula is C14H27NO. The average molecular weight is 225 g/mol. The maximum Gasteiger partial charge on any atom is 0.0693 e. The Kier molecular flexibility index (Phi) is 4.66. The van der Waals surface area contributed by atoms with Gasteiger partial charge in [-0.15, -0.1) is 0 Å². The highest BCUT2D eigenvalue weighted by Gasteiger charge is 2.28. The van der Waals surface area contributed by atoms with Crippen molar-refractivity contribution in [2.24, 2.45) is 5.92 Å². The zero-order valence-electron chi connectivity index (χ0n) is 10.6. The van der Waals surface area contributed by atoms with E-state index in [-0.39, 0.29) is 6.10 Å². The van der Waals surface area contributed by atoms with Crippen molar-refractivity contribution in [2.75, 3.05) is 0 Å². The third-order valence-corrected chi connectivity index (χ3v) is 4.52. The molecule has 16 heavy (non-hydrogen) atoms. The normalized spacial score (nSPS) is 41.6. The number of aliphatic hydroxyl groups is 1. The van der Waals surface area contributed by atoms with Crippen molar-refractivity contribution in [1.29, 1.82) is 0 Å². The highest BCUT2D eigenvalue weighted by molar-refractivity contribution is 4.86. The SMILES string of the molecule is CC1CCCCCC1N[C@@H]1CCCC[C@H]1O. The van der Waals surface area contributed by atoms with E-state index in [0.717, 1.165) is 12.3 Å². The lowest BCUT2D eigenvalue weighted by atomic mass is 9.89. The molecule has 2 nitrogen and oxygen atoms in total. The third kappa shape index (κ3) is 3.21. The third-order valence-electron chi connectivity index (χ3n) is 4.52. The van der Waals surface area contributed by atoms with E-state index < -0.39 is 0 Å². The van der Waals surface area contributed by atoms with Crippen LogP contribution < -0.4 is 5.32 Å². The van der Waals surface area contributed by atoms with Gasteiger partial charge in [0.05, 0.1) is 6.10 Å². The molecule has 0 aromatic rings. The van der Waals surface area contributed by atoms with E-state index in [0.29, 0.717) is 12.1 Å². The van der Waals surface area contributed by atoms with Gasteiger partial charge in [-0.25, -0.2) is 0 Å². The van der Waals surface area contributed by atoms with E-state index in [4.69, 9.17) is 0 Å². The molecule has 2 unspecified atom stereocenters. The Morgan fingerprint density at radius 2 is 1.44 bits per heavy atom. The van der Waals surface area contributed by atoms with Gasteiger partial charge < -0.3 is 10.4 Å². The number of nitrogens with one attached hydrogen (secondary N) is 1. The monoisotopic (exact) mass is 225 g/mol. The first-order valence-corrected chi connectivity index (χ1v) is 7.21. The van der Waals surface area contributed by atoms with Gasteiger partial charge in [-0.05, 0) is 31.6 Å². The summed E-state index contributed by atoms with van der Waals surface area (Å²) in [6.45, 7) is 2.37. The summed E-state index contributed by atoms with van der Waals surface area (Å²) in [5, 5.41) is 13.7. The van der Waals surface area contributed by atoms with Crippen LogP contribution in [-0.2, 0) is 0 Å². The topological polar surface area (TPSA) is 32.3 Å². The van der Waals surface area contributed by atoms with Crippen LogP contribution in [-0.4, -0.2) is 23.3 Å². The first kappa shape index (κ1) is 12.4. The van der Waals surface area contributed by atoms with Crippen LogP contribution in [0.1, 0.15) is 64.7 Å². The Morgan fingerprint density at radius 1 is 0.812 bits per heavy atom. The number of rotatable bonds is 2. The van der Waals surface area contributed by atoms with Crippen molar-refractivity contribution in [1.82, 2.24) is 5.32 Å². The zero-order valence-corrected chi connectivity index (χ0v) is 10.6. The quantitative estimate of drug-likeness (QED) is 0.708. The van der Waals surface area contributed by atoms with Crippen molar-refractivity contribution in [3.63, 3.8) is 0 Å². The molecule has 4 atom stereocenters. The van der Waals surface area contributed by atoms with E-state index in [1.807, 2.05) is 0 Å². The summed E-state index contributed by atoms with van der Waals surface area (Å²) >= 11 is 0. The predicted molar refractivity (Wildman–Crippen MR) is 67.4 cm³/mol. The lowest BCUT2D eigenvalue weighted by molar-refractivity contribution is 0.0795. The molecule has 0 aliphatic heterocycles. The molecule has 2 heteroatoms. The molecule has 0 aromatic heterocycles. The molecule has 0 bridgehead atoms. The molecule has 0 spiro atoms. The van der Waals surface area contributed by atoms with Gasteiger partial charge in [-0.1, -0.05) is 39.0 Å². The first-order chi connectivity index (χ1) is 7.77. The van der Waals surface area contributed by atoms with Crippen LogP contribution in [0.2, 0.25) is 0 Å². The van der Waals surface area contributed by atoms with Crippen LogP contribution in [0.3, 0.4) is 0 Å². The minimum absolute atomic E-state index is 0.0933. The molecule has 0 amide bonds. The molecule has 2 fully saturated rings. The standard InChI is InChI=1S/C14H27NO/c1-11-7-3-2-4-8-12(11)15-13-9-5-6-10-14(13)16/h11-16H,2-10H2,1H3/t11?,12?,13-,14-/m1/s1. The summed E-state index contributed by atoms with van der Waals surface area (Å²) in [5.41, 5.74) is 0. The summed E-state index contributed by atoms with van der Waals surface area (Å²) in [4.78, 5) is 0. The minimum Gasteiger partial charge on any atom is -0.392 e. The number of hydrogen-bond donors (Lipinski definition) is 2. The second-order valence-electron chi connectivity index (χ2n) is 5.85. The Hall–Kier alpha value is -0.0800. The Labute approximate surface area is 99.8 Å². The zero-order chi connectivity index (χ0) is 11.4. The van der Waals surface area contributed by atoms with Crippen LogP contribution in [0.4, 0.5) is 0 Å². The predicted octanol–water partition coefficient (Wildman–Crippen LogP) is 2.85. The van der Waals surface area contributed by atoms with E-state index >= 15 is 0 Å². The van der Waals surface area contributed by atoms with E-state index in [9.17, 15) is 5.11 Å². The van der Waals surface area contributed by atoms with Gasteiger partial charge in [0.25, 0.3) is 0 Å². The second kappa shape index (κ2) is 6.02. The van der Waals surface area contributed by atoms with Crippen LogP contribution in [0, 0.1) is 5.92 Å². The van der Waals surface area contributed by atoms with Gasteiger partial charge in [0.15, 0.2) is 0 Å². The van der Waals surface area contributed by atoms with Crippen molar-refractivity contribution in [2.45, 2.75) is 82.9 Å². The molecule has 0 saturated heterocycles. The van der Waals surface area contributed by atoms with Crippen LogP contribution >= 0.6 is 0 Å². The van der Waals surface area contributed by atoms with Crippen LogP contribution in [0.25, 0.3) is 0 Å². The molecule has 2 aliphatic carbocycles. The molecule has 94 valence electrons. The van der Waals surface area contributed by atoms with E-state index in [1.165, 1.54) is 51.4 Å². The highest BCUT2D eigenvalue weighted by Crippen LogP contribution is 2.26. The van der Waals surface area contributed by atoms with Gasteiger partial charge in [0.2, 0.25) is 0 Å². The Bertz CT molecular complexity index is 207. The smallest absolute Gasteiger partial charge is 0.0693 e. The van der Waals surface area contributed by atoms with Crippen molar-refractivity contribution in [3.05, 3.63) is 0 Å². The largest absolute Gasteiger partial charge is 0.392 e. The molecule has 0 heterocycles. The van der Waals surface area contributed by atoms with Gasteiger partial charge in [0, 0.05) is 12.1 Å². The van der Waals surface area contributed by atoms with Crippen LogP contribution in [0.5, 0.6) is 0 Å². The Balaban J connectivity index is 1.86. The number of hydrogen-bond acceptors (Lipinski definition) is 2. The summed E-state index contributed by atoms with van der Waals surface area (Å²) in [5.74, 6) is 0.789. The van der Waals surface area contributed by atoms with E-state index in [1.54, 1.807) is 0 Å². The fourth-order valence-corrected chi connectivity index (χ4v) is 3.32. The first-order valence-electron chi connectivity index (χ1n) is 7.21.